The van der Waals surface area contributed by atoms with Gasteiger partial charge in [-0.25, -0.2) is 4.79 Å². The third kappa shape index (κ3) is 4.68. The van der Waals surface area contributed by atoms with Gasteiger partial charge in [0.05, 0.1) is 6.61 Å². The highest BCUT2D eigenvalue weighted by Crippen LogP contribution is 2.41. The number of benzene rings is 3. The van der Waals surface area contributed by atoms with Gasteiger partial charge in [0.25, 0.3) is 12.1 Å². The third-order valence-electron chi connectivity index (χ3n) is 7.14. The molecule has 2 amide bonds. The first kappa shape index (κ1) is 27.3. The van der Waals surface area contributed by atoms with Gasteiger partial charge in [0.15, 0.2) is 11.2 Å². The summed E-state index contributed by atoms with van der Waals surface area (Å²) in [4.78, 5) is 16.7. The molecule has 0 aliphatic carbocycles. The standard InChI is InChI=1S/C29H28N4O7/c1-38-26-22(32-30)25(36)31-28(37)33(26)27-24(35)23(34)21(40-27)17-39-29(18-11-5-2-6-12-18,19-13-7-3-8-14-19)20-15-9-4-10-16-20/h2-16,21,23-24,26-27,34-35H,17H2,1H3,(H-,31,36,37)/p+1/t21-,23+,24?,26?,27+/m0/s1. The van der Waals surface area contributed by atoms with E-state index in [1.54, 1.807) is 0 Å². The molecule has 4 N–H and O–H groups in total. The number of urea groups is 1. The summed E-state index contributed by atoms with van der Waals surface area (Å²) in [6, 6.07) is 28.0. The average molecular weight is 546 g/mol. The van der Waals surface area contributed by atoms with Crippen LogP contribution in [-0.4, -0.2) is 70.7 Å². The van der Waals surface area contributed by atoms with Crippen LogP contribution < -0.4 is 5.32 Å². The van der Waals surface area contributed by atoms with Crippen molar-refractivity contribution in [1.82, 2.24) is 10.2 Å². The number of carbonyl (C=O) groups is 1. The quantitative estimate of drug-likeness (QED) is 0.249. The molecule has 11 nitrogen and oxygen atoms in total. The highest BCUT2D eigenvalue weighted by molar-refractivity contribution is 5.78. The van der Waals surface area contributed by atoms with Crippen LogP contribution in [0.2, 0.25) is 0 Å². The first-order chi connectivity index (χ1) is 19.4. The van der Waals surface area contributed by atoms with Crippen LogP contribution in [0, 0.1) is 5.39 Å². The Hall–Kier alpha value is -4.31. The van der Waals surface area contributed by atoms with Gasteiger partial charge in [-0.3, -0.25) is 10.2 Å². The smallest absolute Gasteiger partial charge is 0.469 e. The fourth-order valence-electron chi connectivity index (χ4n) is 5.23. The summed E-state index contributed by atoms with van der Waals surface area (Å²) in [5.41, 5.74) is 0.999. The van der Waals surface area contributed by atoms with E-state index in [4.69, 9.17) is 14.2 Å². The third-order valence-corrected chi connectivity index (χ3v) is 7.14. The van der Waals surface area contributed by atoms with E-state index in [1.165, 1.54) is 7.11 Å². The average Bonchev–Trinajstić information content (AvgIpc) is 3.27. The molecule has 2 aliphatic rings. The Labute approximate surface area is 230 Å². The molecule has 3 aromatic rings. The van der Waals surface area contributed by atoms with Crippen molar-refractivity contribution in [1.29, 1.82) is 5.39 Å². The molecule has 2 unspecified atom stereocenters. The van der Waals surface area contributed by atoms with E-state index in [1.807, 2.05) is 91.0 Å². The number of rotatable bonds is 8. The van der Waals surface area contributed by atoms with E-state index >= 15 is 0 Å². The number of nitrogens with zero attached hydrogens (tertiary/aromatic N) is 3. The van der Waals surface area contributed by atoms with Gasteiger partial charge in [0.2, 0.25) is 5.39 Å². The second-order valence-corrected chi connectivity index (χ2v) is 9.40. The highest BCUT2D eigenvalue weighted by Gasteiger charge is 2.55. The van der Waals surface area contributed by atoms with Crippen LogP contribution in [0.4, 0.5) is 4.79 Å². The molecule has 2 heterocycles. The van der Waals surface area contributed by atoms with Crippen molar-refractivity contribution in [2.45, 2.75) is 36.4 Å². The lowest BCUT2D eigenvalue weighted by Crippen LogP contribution is -2.59. The monoisotopic (exact) mass is 545 g/mol. The van der Waals surface area contributed by atoms with Gasteiger partial charge in [0, 0.05) is 7.11 Å². The zero-order valence-electron chi connectivity index (χ0n) is 21.6. The zero-order valence-corrected chi connectivity index (χ0v) is 21.6. The molecule has 0 bridgehead atoms. The summed E-state index contributed by atoms with van der Waals surface area (Å²) >= 11 is 0. The number of methoxy groups -OCH3 is 1. The Morgan fingerprint density at radius 3 is 1.88 bits per heavy atom. The van der Waals surface area contributed by atoms with Crippen LogP contribution in [-0.2, 0) is 19.8 Å². The molecule has 2 aliphatic heterocycles. The summed E-state index contributed by atoms with van der Waals surface area (Å²) in [7, 11) is 1.22. The first-order valence-electron chi connectivity index (χ1n) is 12.6. The fraction of sp³-hybridized carbons (Fsp3) is 0.276. The summed E-state index contributed by atoms with van der Waals surface area (Å²) in [6.45, 7) is -0.182. The Morgan fingerprint density at radius 2 is 1.43 bits per heavy atom. The SMILES string of the molecule is COC1C([N+]#N)=C(O)NC(=O)N1[C@@H]1O[C@@H](COC(c2ccccc2)(c2ccccc2)c2ccccc2)[C@@H](O)C1O. The Balaban J connectivity index is 1.49. The number of diazo groups is 1. The molecule has 0 radical (unpaired) electrons. The molecule has 0 aromatic heterocycles. The van der Waals surface area contributed by atoms with Crippen molar-refractivity contribution in [3.8, 4) is 0 Å². The van der Waals surface area contributed by atoms with Crippen LogP contribution >= 0.6 is 0 Å². The molecule has 206 valence electrons. The number of nitrogens with one attached hydrogen (secondary N) is 1. The van der Waals surface area contributed by atoms with E-state index in [9.17, 15) is 25.5 Å². The molecule has 1 fully saturated rings. The van der Waals surface area contributed by atoms with Gasteiger partial charge in [-0.15, -0.1) is 0 Å². The van der Waals surface area contributed by atoms with Crippen molar-refractivity contribution in [2.75, 3.05) is 13.7 Å². The van der Waals surface area contributed by atoms with Crippen LogP contribution in [0.15, 0.2) is 103 Å². The molecular formula is C29H29N4O7+. The summed E-state index contributed by atoms with van der Waals surface area (Å²) in [6.07, 6.45) is -6.92. The summed E-state index contributed by atoms with van der Waals surface area (Å²) in [5.74, 6) is -0.707. The largest absolute Gasteiger partial charge is 0.489 e. The van der Waals surface area contributed by atoms with E-state index in [0.717, 1.165) is 21.6 Å². The molecule has 40 heavy (non-hydrogen) atoms. The number of amides is 2. The summed E-state index contributed by atoms with van der Waals surface area (Å²) < 4.78 is 18.0. The molecule has 5 rings (SSSR count). The minimum atomic E-state index is -1.57. The van der Waals surface area contributed by atoms with Crippen molar-refractivity contribution >= 4 is 6.03 Å². The second-order valence-electron chi connectivity index (χ2n) is 9.40. The minimum Gasteiger partial charge on any atom is -0.489 e. The summed E-state index contributed by atoms with van der Waals surface area (Å²) in [5, 5.41) is 43.4. The molecule has 3 aromatic carbocycles. The van der Waals surface area contributed by atoms with E-state index in [0.29, 0.717) is 0 Å². The molecule has 0 spiro atoms. The molecule has 0 saturated carbocycles. The molecule has 11 heteroatoms. The lowest BCUT2D eigenvalue weighted by molar-refractivity contribution is -0.141. The van der Waals surface area contributed by atoms with E-state index in [-0.39, 0.29) is 6.61 Å². The van der Waals surface area contributed by atoms with Gasteiger partial charge in [-0.1, -0.05) is 91.0 Å². The normalized spacial score (nSPS) is 25.0. The Bertz CT molecular complexity index is 1300. The van der Waals surface area contributed by atoms with Gasteiger partial charge < -0.3 is 29.5 Å². The van der Waals surface area contributed by atoms with Crippen molar-refractivity contribution < 1.29 is 34.3 Å². The maximum atomic E-state index is 12.8. The van der Waals surface area contributed by atoms with Crippen LogP contribution in [0.25, 0.3) is 4.98 Å². The lowest BCUT2D eigenvalue weighted by atomic mass is 9.80. The lowest BCUT2D eigenvalue weighted by Gasteiger charge is -2.37. The maximum absolute atomic E-state index is 12.8. The van der Waals surface area contributed by atoms with Crippen LogP contribution in [0.5, 0.6) is 0 Å². The number of aliphatic hydroxyl groups excluding tert-OH is 3. The number of carbonyl (C=O) groups excluding carboxylic acids is 1. The van der Waals surface area contributed by atoms with Gasteiger partial charge >= 0.3 is 11.7 Å². The maximum Gasteiger partial charge on any atom is 0.469 e. The number of ether oxygens (including phenoxy) is 3. The fourth-order valence-corrected chi connectivity index (χ4v) is 5.23. The highest BCUT2D eigenvalue weighted by atomic mass is 16.6. The predicted octanol–water partition coefficient (Wildman–Crippen LogP) is 3.02. The predicted molar refractivity (Wildman–Crippen MR) is 142 cm³/mol. The Morgan fingerprint density at radius 1 is 0.925 bits per heavy atom. The second kappa shape index (κ2) is 11.4. The van der Waals surface area contributed by atoms with Crippen molar-refractivity contribution in [2.24, 2.45) is 0 Å². The van der Waals surface area contributed by atoms with Gasteiger partial charge in [-0.2, -0.15) is 0 Å². The minimum absolute atomic E-state index is 0.182. The first-order valence-corrected chi connectivity index (χ1v) is 12.6. The number of aliphatic hydroxyl groups is 3. The number of hydrogen-bond acceptors (Lipinski definition) is 8. The Kier molecular flexibility index (Phi) is 7.79. The van der Waals surface area contributed by atoms with Crippen molar-refractivity contribution in [3.05, 3.63) is 124 Å². The van der Waals surface area contributed by atoms with Crippen LogP contribution in [0.1, 0.15) is 16.7 Å². The van der Waals surface area contributed by atoms with Crippen molar-refractivity contribution in [3.63, 3.8) is 0 Å². The number of hydrogen-bond donors (Lipinski definition) is 4. The molecular weight excluding hydrogens is 516 g/mol. The van der Waals surface area contributed by atoms with E-state index < -0.39 is 54.0 Å². The van der Waals surface area contributed by atoms with E-state index in [2.05, 4.69) is 10.3 Å². The zero-order chi connectivity index (χ0) is 28.3. The molecule has 1 saturated heterocycles. The molecule has 5 atom stereocenters. The van der Waals surface area contributed by atoms with Gasteiger partial charge in [-0.05, 0) is 16.7 Å². The van der Waals surface area contributed by atoms with Crippen LogP contribution in [0.3, 0.4) is 0 Å². The van der Waals surface area contributed by atoms with Gasteiger partial charge in [0.1, 0.15) is 23.9 Å². The topological polar surface area (TPSA) is 149 Å².